The molecule has 1 aromatic carbocycles. The molecule has 0 unspecified atom stereocenters. The van der Waals surface area contributed by atoms with Gasteiger partial charge in [-0.25, -0.2) is 8.42 Å². The maximum absolute atomic E-state index is 11.8. The summed E-state index contributed by atoms with van der Waals surface area (Å²) in [6.45, 7) is 3.66. The number of halogens is 1. The second-order valence-electron chi connectivity index (χ2n) is 5.45. The molecule has 1 amide bonds. The number of carbonyl (C=O) groups is 1. The molecule has 0 fully saturated rings. The van der Waals surface area contributed by atoms with Crippen LogP contribution in [0.4, 0.5) is 5.69 Å². The predicted octanol–water partition coefficient (Wildman–Crippen LogP) is 2.20. The van der Waals surface area contributed by atoms with Gasteiger partial charge in [0.25, 0.3) is 0 Å². The maximum atomic E-state index is 11.8. The van der Waals surface area contributed by atoms with Crippen molar-refractivity contribution in [2.24, 2.45) is 5.73 Å². The van der Waals surface area contributed by atoms with E-state index in [9.17, 15) is 13.2 Å². The first-order chi connectivity index (χ1) is 8.99. The van der Waals surface area contributed by atoms with Crippen LogP contribution in [0, 0.1) is 0 Å². The molecule has 5 nitrogen and oxygen atoms in total. The first-order valence-electron chi connectivity index (χ1n) is 6.07. The molecule has 0 saturated heterocycles. The summed E-state index contributed by atoms with van der Waals surface area (Å²) in [6, 6.07) is 4.19. The highest BCUT2D eigenvalue weighted by molar-refractivity contribution is 7.90. The monoisotopic (exact) mass is 318 g/mol. The van der Waals surface area contributed by atoms with Gasteiger partial charge >= 0.3 is 0 Å². The summed E-state index contributed by atoms with van der Waals surface area (Å²) in [7, 11) is -3.34. The molecule has 0 heterocycles. The summed E-state index contributed by atoms with van der Waals surface area (Å²) in [5.41, 5.74) is 5.65. The average molecular weight is 319 g/mol. The molecule has 0 aliphatic carbocycles. The minimum atomic E-state index is -3.34. The molecule has 0 aromatic heterocycles. The number of carbonyl (C=O) groups excluding carboxylic acids is 1. The summed E-state index contributed by atoms with van der Waals surface area (Å²) >= 11 is 5.95. The van der Waals surface area contributed by atoms with E-state index in [0.29, 0.717) is 6.42 Å². The molecule has 112 valence electrons. The zero-order valence-electron chi connectivity index (χ0n) is 11.7. The van der Waals surface area contributed by atoms with Crippen LogP contribution in [0.1, 0.15) is 26.7 Å². The van der Waals surface area contributed by atoms with Crippen LogP contribution in [0.25, 0.3) is 0 Å². The van der Waals surface area contributed by atoms with E-state index in [-0.39, 0.29) is 27.9 Å². The molecule has 3 N–H and O–H groups in total. The molecule has 0 spiro atoms. The van der Waals surface area contributed by atoms with Crippen LogP contribution in [0.15, 0.2) is 23.1 Å². The van der Waals surface area contributed by atoms with Crippen LogP contribution in [0.3, 0.4) is 0 Å². The van der Waals surface area contributed by atoms with Crippen molar-refractivity contribution in [1.29, 1.82) is 0 Å². The molecular formula is C13H19ClN2O3S. The van der Waals surface area contributed by atoms with E-state index in [1.165, 1.54) is 18.2 Å². The summed E-state index contributed by atoms with van der Waals surface area (Å²) in [5, 5.41) is 2.89. The summed E-state index contributed by atoms with van der Waals surface area (Å²) in [5.74, 6) is -0.254. The average Bonchev–Trinajstić information content (AvgIpc) is 2.27. The Morgan fingerprint density at radius 2 is 2.00 bits per heavy atom. The van der Waals surface area contributed by atoms with Crippen molar-refractivity contribution in [3.63, 3.8) is 0 Å². The Hall–Kier alpha value is -1.11. The van der Waals surface area contributed by atoms with Crippen molar-refractivity contribution < 1.29 is 13.2 Å². The minimum Gasteiger partial charge on any atom is -0.326 e. The number of anilines is 1. The van der Waals surface area contributed by atoms with Crippen LogP contribution in [-0.2, 0) is 14.6 Å². The lowest BCUT2D eigenvalue weighted by molar-refractivity contribution is -0.116. The quantitative estimate of drug-likeness (QED) is 0.871. The molecule has 0 aliphatic rings. The van der Waals surface area contributed by atoms with E-state index in [1.807, 2.05) is 13.8 Å². The predicted molar refractivity (Wildman–Crippen MR) is 80.7 cm³/mol. The highest BCUT2D eigenvalue weighted by atomic mass is 35.5. The fraction of sp³-hybridized carbons (Fsp3) is 0.462. The number of nitrogens with one attached hydrogen (secondary N) is 1. The van der Waals surface area contributed by atoms with Gasteiger partial charge in [0.15, 0.2) is 9.84 Å². The molecule has 0 saturated carbocycles. The molecule has 1 aromatic rings. The molecule has 0 bridgehead atoms. The second kappa shape index (κ2) is 6.11. The normalized spacial score (nSPS) is 12.2. The molecule has 0 radical (unpaired) electrons. The third-order valence-corrected chi connectivity index (χ3v) is 4.08. The third-order valence-electron chi connectivity index (χ3n) is 2.64. The van der Waals surface area contributed by atoms with Gasteiger partial charge in [0, 0.05) is 18.2 Å². The van der Waals surface area contributed by atoms with Crippen molar-refractivity contribution in [2.45, 2.75) is 37.1 Å². The summed E-state index contributed by atoms with van der Waals surface area (Å²) in [6.07, 6.45) is 1.85. The Bertz CT molecular complexity index is 607. The number of hydrogen-bond acceptors (Lipinski definition) is 4. The molecule has 20 heavy (non-hydrogen) atoms. The minimum absolute atomic E-state index is 0.108. The van der Waals surface area contributed by atoms with Gasteiger partial charge in [-0.2, -0.15) is 0 Å². The third kappa shape index (κ3) is 5.48. The number of sulfone groups is 1. The fourth-order valence-corrected chi connectivity index (χ4v) is 2.29. The van der Waals surface area contributed by atoms with E-state index in [1.54, 1.807) is 0 Å². The zero-order chi connectivity index (χ0) is 15.6. The number of hydrogen-bond donors (Lipinski definition) is 2. The van der Waals surface area contributed by atoms with Gasteiger partial charge in [-0.05, 0) is 38.5 Å². The number of amides is 1. The van der Waals surface area contributed by atoms with Crippen molar-refractivity contribution in [1.82, 2.24) is 0 Å². The van der Waals surface area contributed by atoms with Gasteiger partial charge in [-0.15, -0.1) is 0 Å². The largest absolute Gasteiger partial charge is 0.326 e. The Labute approximate surface area is 124 Å². The lowest BCUT2D eigenvalue weighted by atomic mass is 10.00. The number of rotatable bonds is 5. The van der Waals surface area contributed by atoms with Crippen molar-refractivity contribution in [2.75, 3.05) is 11.6 Å². The van der Waals surface area contributed by atoms with Gasteiger partial charge < -0.3 is 11.1 Å². The first kappa shape index (κ1) is 16.9. The van der Waals surface area contributed by atoms with E-state index >= 15 is 0 Å². The van der Waals surface area contributed by atoms with Crippen LogP contribution in [-0.4, -0.2) is 26.1 Å². The maximum Gasteiger partial charge on any atom is 0.224 e. The molecule has 1 rings (SSSR count). The Morgan fingerprint density at radius 1 is 1.40 bits per heavy atom. The number of nitrogens with two attached hydrogens (primary N) is 1. The van der Waals surface area contributed by atoms with E-state index in [4.69, 9.17) is 17.3 Å². The molecular weight excluding hydrogens is 300 g/mol. The van der Waals surface area contributed by atoms with Gasteiger partial charge in [0.1, 0.15) is 0 Å². The molecule has 0 atom stereocenters. The lowest BCUT2D eigenvalue weighted by Crippen LogP contribution is -2.33. The van der Waals surface area contributed by atoms with Gasteiger partial charge in [0.2, 0.25) is 5.91 Å². The van der Waals surface area contributed by atoms with Gasteiger partial charge in [0.05, 0.1) is 15.6 Å². The van der Waals surface area contributed by atoms with E-state index in [0.717, 1.165) is 6.26 Å². The second-order valence-corrected chi connectivity index (χ2v) is 7.87. The highest BCUT2D eigenvalue weighted by Crippen LogP contribution is 2.25. The molecule has 7 heteroatoms. The van der Waals surface area contributed by atoms with E-state index < -0.39 is 15.4 Å². The summed E-state index contributed by atoms with van der Waals surface area (Å²) < 4.78 is 22.9. The van der Waals surface area contributed by atoms with Crippen LogP contribution in [0.2, 0.25) is 5.02 Å². The highest BCUT2D eigenvalue weighted by Gasteiger charge is 2.15. The number of benzene rings is 1. The lowest BCUT2D eigenvalue weighted by Gasteiger charge is -2.17. The SMILES string of the molecule is CC(C)(N)CCC(=O)Nc1cc(S(C)(=O)=O)ccc1Cl. The van der Waals surface area contributed by atoms with Crippen LogP contribution in [0.5, 0.6) is 0 Å². The Balaban J connectivity index is 2.85. The van der Waals surface area contributed by atoms with Crippen molar-refractivity contribution in [3.8, 4) is 0 Å². The van der Waals surface area contributed by atoms with Crippen LogP contribution < -0.4 is 11.1 Å². The first-order valence-corrected chi connectivity index (χ1v) is 8.34. The van der Waals surface area contributed by atoms with Crippen LogP contribution >= 0.6 is 11.6 Å². The standard InChI is InChI=1S/C13H19ClN2O3S/c1-13(2,15)7-6-12(17)16-11-8-9(20(3,18)19)4-5-10(11)14/h4-5,8H,6-7,15H2,1-3H3,(H,16,17). The Kier molecular flexibility index (Phi) is 5.18. The Morgan fingerprint density at radius 3 is 2.50 bits per heavy atom. The van der Waals surface area contributed by atoms with Gasteiger partial charge in [-0.1, -0.05) is 11.6 Å². The van der Waals surface area contributed by atoms with Crippen molar-refractivity contribution >= 4 is 33.0 Å². The van der Waals surface area contributed by atoms with E-state index in [2.05, 4.69) is 5.32 Å². The van der Waals surface area contributed by atoms with Gasteiger partial charge in [-0.3, -0.25) is 4.79 Å². The van der Waals surface area contributed by atoms with Crippen molar-refractivity contribution in [3.05, 3.63) is 23.2 Å². The smallest absolute Gasteiger partial charge is 0.224 e. The fourth-order valence-electron chi connectivity index (χ4n) is 1.48. The zero-order valence-corrected chi connectivity index (χ0v) is 13.3. The topological polar surface area (TPSA) is 89.3 Å². The molecule has 0 aliphatic heterocycles. The summed E-state index contributed by atoms with van der Waals surface area (Å²) in [4.78, 5) is 11.9.